The Bertz CT molecular complexity index is 1920. The van der Waals surface area contributed by atoms with E-state index >= 15 is 0 Å². The zero-order valence-corrected chi connectivity index (χ0v) is 23.7. The van der Waals surface area contributed by atoms with Crippen LogP contribution in [-0.4, -0.2) is 30.2 Å². The highest BCUT2D eigenvalue weighted by Gasteiger charge is 2.17. The van der Waals surface area contributed by atoms with Crippen molar-refractivity contribution in [3.8, 4) is 28.1 Å². The van der Waals surface area contributed by atoms with Crippen LogP contribution >= 0.6 is 0 Å². The van der Waals surface area contributed by atoms with Gasteiger partial charge < -0.3 is 18.8 Å². The summed E-state index contributed by atoms with van der Waals surface area (Å²) in [6, 6.07) is 24.0. The van der Waals surface area contributed by atoms with Gasteiger partial charge in [-0.2, -0.15) is 0 Å². The highest BCUT2D eigenvalue weighted by Crippen LogP contribution is 2.32. The molecule has 206 valence electrons. The van der Waals surface area contributed by atoms with E-state index in [-0.39, 0.29) is 0 Å². The zero-order valence-electron chi connectivity index (χ0n) is 23.7. The van der Waals surface area contributed by atoms with Crippen molar-refractivity contribution in [2.75, 3.05) is 0 Å². The second kappa shape index (κ2) is 10.6. The van der Waals surface area contributed by atoms with E-state index in [9.17, 15) is 4.79 Å². The van der Waals surface area contributed by atoms with Crippen molar-refractivity contribution >= 4 is 22.8 Å². The minimum absolute atomic E-state index is 0.318. The minimum atomic E-state index is -1.33. The molecule has 41 heavy (non-hydrogen) atoms. The van der Waals surface area contributed by atoms with Gasteiger partial charge in [0.15, 0.2) is 0 Å². The molecular weight excluding hydrogens is 512 g/mol. The third kappa shape index (κ3) is 5.07. The van der Waals surface area contributed by atoms with Gasteiger partial charge >= 0.3 is 6.16 Å². The number of aryl methyl sites for hydroxylation is 4. The lowest BCUT2D eigenvalue weighted by molar-refractivity contribution is 0.144. The Balaban J connectivity index is 1.39. The Morgan fingerprint density at radius 2 is 1.71 bits per heavy atom. The molecule has 0 unspecified atom stereocenters. The first kappa shape index (κ1) is 26.3. The van der Waals surface area contributed by atoms with E-state index in [1.54, 1.807) is 12.1 Å². The molecule has 6 rings (SSSR count). The summed E-state index contributed by atoms with van der Waals surface area (Å²) in [6.07, 6.45) is 2.67. The topological polar surface area (TPSA) is 81.7 Å². The van der Waals surface area contributed by atoms with Gasteiger partial charge in [-0.1, -0.05) is 49.4 Å². The third-order valence-corrected chi connectivity index (χ3v) is 7.49. The van der Waals surface area contributed by atoms with Crippen LogP contribution in [0.1, 0.15) is 41.6 Å². The molecule has 0 fully saturated rings. The summed E-state index contributed by atoms with van der Waals surface area (Å²) < 4.78 is 9.45. The lowest BCUT2D eigenvalue weighted by Gasteiger charge is -2.12. The van der Waals surface area contributed by atoms with Gasteiger partial charge in [-0.05, 0) is 79.8 Å². The molecule has 0 saturated heterocycles. The molecule has 0 aliphatic carbocycles. The van der Waals surface area contributed by atoms with Crippen LogP contribution in [0.5, 0.6) is 5.75 Å². The molecule has 6 aromatic rings. The standard InChI is InChI=1S/C34H32N4O3/c1-5-8-31-36-33-22(3)17-26(28-20-37-23(4)15-21(2)16-32(37)35-28)18-29(33)38(31)19-24-11-13-25(14-12-24)27-9-6-7-10-30(27)41-34(39)40/h6-7,9-18,20H,5,8,19H2,1-4H3,(H,39,40). The Kier molecular flexibility index (Phi) is 6.79. The van der Waals surface area contributed by atoms with E-state index in [1.807, 2.05) is 24.3 Å². The van der Waals surface area contributed by atoms with Gasteiger partial charge in [-0.15, -0.1) is 0 Å². The number of fused-ring (bicyclic) bond motifs is 2. The number of carboxylic acid groups (broad SMARTS) is 1. The van der Waals surface area contributed by atoms with E-state index in [0.717, 1.165) is 74.6 Å². The van der Waals surface area contributed by atoms with Crippen LogP contribution in [-0.2, 0) is 13.0 Å². The van der Waals surface area contributed by atoms with Crippen molar-refractivity contribution < 1.29 is 14.6 Å². The normalized spacial score (nSPS) is 11.4. The van der Waals surface area contributed by atoms with Crippen molar-refractivity contribution in [1.29, 1.82) is 0 Å². The number of para-hydroxylation sites is 1. The number of nitrogens with zero attached hydrogens (tertiary/aromatic N) is 4. The van der Waals surface area contributed by atoms with Crippen LogP contribution in [0.2, 0.25) is 0 Å². The lowest BCUT2D eigenvalue weighted by Crippen LogP contribution is -2.05. The predicted molar refractivity (Wildman–Crippen MR) is 162 cm³/mol. The molecule has 3 aromatic heterocycles. The van der Waals surface area contributed by atoms with Gasteiger partial charge in [0.2, 0.25) is 0 Å². The first-order valence-corrected chi connectivity index (χ1v) is 13.9. The summed E-state index contributed by atoms with van der Waals surface area (Å²) in [5.74, 6) is 1.38. The molecule has 0 aliphatic heterocycles. The van der Waals surface area contributed by atoms with E-state index in [2.05, 4.69) is 79.3 Å². The molecule has 7 heteroatoms. The van der Waals surface area contributed by atoms with Gasteiger partial charge in [0.1, 0.15) is 17.2 Å². The van der Waals surface area contributed by atoms with Crippen LogP contribution in [0.3, 0.4) is 0 Å². The Morgan fingerprint density at radius 3 is 2.46 bits per heavy atom. The first-order chi connectivity index (χ1) is 19.8. The number of benzene rings is 3. The number of carbonyl (C=O) groups is 1. The van der Waals surface area contributed by atoms with Gasteiger partial charge in [0.25, 0.3) is 0 Å². The second-order valence-corrected chi connectivity index (χ2v) is 10.6. The third-order valence-electron chi connectivity index (χ3n) is 7.49. The summed E-state index contributed by atoms with van der Waals surface area (Å²) in [6.45, 7) is 9.17. The van der Waals surface area contributed by atoms with Crippen molar-refractivity contribution in [3.05, 3.63) is 107 Å². The minimum Gasteiger partial charge on any atom is -0.449 e. The van der Waals surface area contributed by atoms with Gasteiger partial charge in [-0.25, -0.2) is 14.8 Å². The number of imidazole rings is 2. The molecule has 7 nitrogen and oxygen atoms in total. The number of aromatic nitrogens is 4. The van der Waals surface area contributed by atoms with E-state index in [0.29, 0.717) is 12.3 Å². The Hall–Kier alpha value is -4.91. The van der Waals surface area contributed by atoms with E-state index in [4.69, 9.17) is 19.8 Å². The maximum absolute atomic E-state index is 11.2. The van der Waals surface area contributed by atoms with Crippen molar-refractivity contribution in [2.24, 2.45) is 0 Å². The van der Waals surface area contributed by atoms with Gasteiger partial charge in [0.05, 0.1) is 16.7 Å². The number of hydrogen-bond donors (Lipinski definition) is 1. The number of ether oxygens (including phenoxy) is 1. The maximum Gasteiger partial charge on any atom is 0.511 e. The zero-order chi connectivity index (χ0) is 28.7. The molecule has 0 saturated carbocycles. The molecule has 0 bridgehead atoms. The van der Waals surface area contributed by atoms with E-state index < -0.39 is 6.16 Å². The fourth-order valence-corrected chi connectivity index (χ4v) is 5.60. The highest BCUT2D eigenvalue weighted by molar-refractivity contribution is 5.85. The van der Waals surface area contributed by atoms with Crippen LogP contribution in [0.4, 0.5) is 4.79 Å². The predicted octanol–water partition coefficient (Wildman–Crippen LogP) is 8.00. The largest absolute Gasteiger partial charge is 0.511 e. The molecular formula is C34H32N4O3. The Morgan fingerprint density at radius 1 is 0.927 bits per heavy atom. The van der Waals surface area contributed by atoms with Crippen molar-refractivity contribution in [3.63, 3.8) is 0 Å². The summed E-state index contributed by atoms with van der Waals surface area (Å²) in [5, 5.41) is 9.12. The van der Waals surface area contributed by atoms with Crippen LogP contribution in [0.25, 0.3) is 39.1 Å². The van der Waals surface area contributed by atoms with Crippen molar-refractivity contribution in [1.82, 2.24) is 18.9 Å². The van der Waals surface area contributed by atoms with Gasteiger partial charge in [-0.3, -0.25) is 0 Å². The first-order valence-electron chi connectivity index (χ1n) is 13.9. The molecule has 0 aliphatic rings. The maximum atomic E-state index is 11.2. The molecule has 0 spiro atoms. The van der Waals surface area contributed by atoms with E-state index in [1.165, 1.54) is 5.56 Å². The van der Waals surface area contributed by atoms with Crippen LogP contribution < -0.4 is 4.74 Å². The van der Waals surface area contributed by atoms with Gasteiger partial charge in [0, 0.05) is 36.0 Å². The molecule has 1 N–H and O–H groups in total. The van der Waals surface area contributed by atoms with Crippen LogP contribution in [0, 0.1) is 20.8 Å². The molecule has 0 amide bonds. The fourth-order valence-electron chi connectivity index (χ4n) is 5.60. The molecule has 3 heterocycles. The quantitative estimate of drug-likeness (QED) is 0.163. The second-order valence-electron chi connectivity index (χ2n) is 10.6. The average Bonchev–Trinajstić information content (AvgIpc) is 3.52. The number of pyridine rings is 1. The SMILES string of the molecule is CCCc1nc2c(C)cc(-c3cn4c(C)cc(C)cc4n3)cc2n1Cc1ccc(-c2ccccc2OC(=O)O)cc1. The summed E-state index contributed by atoms with van der Waals surface area (Å²) >= 11 is 0. The fraction of sp³-hybridized carbons (Fsp3) is 0.206. The summed E-state index contributed by atoms with van der Waals surface area (Å²) in [4.78, 5) is 21.2. The molecule has 0 atom stereocenters. The Labute approximate surface area is 238 Å². The van der Waals surface area contributed by atoms with Crippen LogP contribution in [0.15, 0.2) is 79.0 Å². The smallest absolute Gasteiger partial charge is 0.449 e. The molecule has 0 radical (unpaired) electrons. The monoisotopic (exact) mass is 544 g/mol. The number of rotatable bonds is 7. The number of hydrogen-bond acceptors (Lipinski definition) is 4. The summed E-state index contributed by atoms with van der Waals surface area (Å²) in [5.41, 5.74) is 11.3. The van der Waals surface area contributed by atoms with Crippen molar-refractivity contribution in [2.45, 2.75) is 47.1 Å². The average molecular weight is 545 g/mol. The highest BCUT2D eigenvalue weighted by atomic mass is 16.7. The molecule has 3 aromatic carbocycles. The summed E-state index contributed by atoms with van der Waals surface area (Å²) in [7, 11) is 0. The lowest BCUT2D eigenvalue weighted by atomic mass is 10.0.